The quantitative estimate of drug-likeness (QED) is 0.526. The minimum absolute atomic E-state index is 0.0568. The molecule has 0 saturated heterocycles. The molecule has 3 rings (SSSR count). The van der Waals surface area contributed by atoms with Gasteiger partial charge in [0.25, 0.3) is 5.56 Å². The molecule has 0 aliphatic carbocycles. The van der Waals surface area contributed by atoms with E-state index in [1.165, 1.54) is 14.2 Å². The van der Waals surface area contributed by atoms with Crippen molar-refractivity contribution in [1.29, 1.82) is 0 Å². The van der Waals surface area contributed by atoms with E-state index in [2.05, 4.69) is 9.84 Å². The number of nitrogens with zero attached hydrogens (tertiary/aromatic N) is 2. The van der Waals surface area contributed by atoms with Crippen molar-refractivity contribution >= 4 is 22.7 Å². The molecule has 0 atom stereocenters. The maximum absolute atomic E-state index is 12.5. The van der Waals surface area contributed by atoms with Crippen molar-refractivity contribution in [3.05, 3.63) is 70.1 Å². The van der Waals surface area contributed by atoms with Crippen LogP contribution >= 0.6 is 0 Å². The number of aryl methyl sites for hydroxylation is 1. The minimum Gasteiger partial charge on any atom is -0.469 e. The molecule has 1 heterocycles. The van der Waals surface area contributed by atoms with Crippen LogP contribution in [0.5, 0.6) is 5.75 Å². The number of rotatable bonds is 4. The second kappa shape index (κ2) is 7.18. The fourth-order valence-electron chi connectivity index (χ4n) is 2.52. The number of hydrogen-bond donors (Lipinski definition) is 0. The molecule has 0 fully saturated rings. The van der Waals surface area contributed by atoms with Crippen LogP contribution in [0.15, 0.2) is 53.3 Å². The Morgan fingerprint density at radius 2 is 1.69 bits per heavy atom. The third-order valence-electron chi connectivity index (χ3n) is 3.86. The van der Waals surface area contributed by atoms with E-state index in [-0.39, 0.29) is 23.6 Å². The maximum Gasteiger partial charge on any atom is 0.364 e. The first-order valence-electron chi connectivity index (χ1n) is 7.83. The predicted molar refractivity (Wildman–Crippen MR) is 94.1 cm³/mol. The summed E-state index contributed by atoms with van der Waals surface area (Å²) in [5.41, 5.74) is 0.507. The Morgan fingerprint density at radius 1 is 1.04 bits per heavy atom. The molecular formula is C19H16N2O5. The fraction of sp³-hybridized carbons (Fsp3) is 0.158. The summed E-state index contributed by atoms with van der Waals surface area (Å²) < 4.78 is 11.1. The van der Waals surface area contributed by atoms with Crippen LogP contribution in [0, 0.1) is 0 Å². The molecular weight excluding hydrogens is 336 g/mol. The van der Waals surface area contributed by atoms with E-state index in [9.17, 15) is 14.4 Å². The molecule has 7 heteroatoms. The predicted octanol–water partition coefficient (Wildman–Crippen LogP) is 1.87. The van der Waals surface area contributed by atoms with Gasteiger partial charge in [-0.1, -0.05) is 30.3 Å². The van der Waals surface area contributed by atoms with Crippen molar-refractivity contribution in [2.45, 2.75) is 6.42 Å². The number of methoxy groups -OCH3 is 1. The Balaban J connectivity index is 1.87. The number of benzene rings is 2. The number of fused-ring (bicyclic) bond motifs is 1. The highest BCUT2D eigenvalue weighted by Crippen LogP contribution is 2.18. The summed E-state index contributed by atoms with van der Waals surface area (Å²) in [4.78, 5) is 35.9. The van der Waals surface area contributed by atoms with Crippen LogP contribution in [0.25, 0.3) is 10.8 Å². The first kappa shape index (κ1) is 17.3. The first-order valence-corrected chi connectivity index (χ1v) is 7.83. The van der Waals surface area contributed by atoms with Crippen molar-refractivity contribution < 1.29 is 19.1 Å². The lowest BCUT2D eigenvalue weighted by Crippen LogP contribution is -2.24. The third kappa shape index (κ3) is 3.46. The van der Waals surface area contributed by atoms with Crippen LogP contribution in [0.4, 0.5) is 0 Å². The van der Waals surface area contributed by atoms with E-state index < -0.39 is 5.97 Å². The molecule has 132 valence electrons. The van der Waals surface area contributed by atoms with Gasteiger partial charge in [-0.15, -0.1) is 0 Å². The van der Waals surface area contributed by atoms with Crippen LogP contribution in [-0.2, 0) is 23.0 Å². The maximum atomic E-state index is 12.5. The number of carbonyl (C=O) groups excluding carboxylic acids is 2. The van der Waals surface area contributed by atoms with E-state index in [0.29, 0.717) is 16.5 Å². The Labute approximate surface area is 148 Å². The van der Waals surface area contributed by atoms with Crippen LogP contribution in [-0.4, -0.2) is 28.8 Å². The SMILES string of the molecule is COC(=O)Cc1ccc(OC(=O)c2nn(C)c(=O)c3ccccc23)cc1. The standard InChI is InChI=1S/C19H16N2O5/c1-21-18(23)15-6-4-3-5-14(15)17(20-21)19(24)26-13-9-7-12(8-10-13)11-16(22)25-2/h3-10H,11H2,1-2H3. The average molecular weight is 352 g/mol. The summed E-state index contributed by atoms with van der Waals surface area (Å²) >= 11 is 0. The van der Waals surface area contributed by atoms with Crippen molar-refractivity contribution in [3.8, 4) is 5.75 Å². The highest BCUT2D eigenvalue weighted by atomic mass is 16.5. The molecule has 0 unspecified atom stereocenters. The van der Waals surface area contributed by atoms with Gasteiger partial charge in [0.1, 0.15) is 5.75 Å². The van der Waals surface area contributed by atoms with Gasteiger partial charge in [-0.3, -0.25) is 9.59 Å². The monoisotopic (exact) mass is 352 g/mol. The molecule has 0 N–H and O–H groups in total. The third-order valence-corrected chi connectivity index (χ3v) is 3.86. The molecule has 26 heavy (non-hydrogen) atoms. The number of aromatic nitrogens is 2. The van der Waals surface area contributed by atoms with Gasteiger partial charge in [0.05, 0.1) is 18.9 Å². The molecule has 0 amide bonds. The molecule has 0 bridgehead atoms. The molecule has 7 nitrogen and oxygen atoms in total. The zero-order valence-corrected chi connectivity index (χ0v) is 14.3. The highest BCUT2D eigenvalue weighted by molar-refractivity contribution is 6.02. The summed E-state index contributed by atoms with van der Waals surface area (Å²) in [6, 6.07) is 13.2. The zero-order valence-electron chi connectivity index (χ0n) is 14.3. The van der Waals surface area contributed by atoms with Gasteiger partial charge in [0, 0.05) is 12.4 Å². The van der Waals surface area contributed by atoms with Crippen molar-refractivity contribution in [2.24, 2.45) is 7.05 Å². The van der Waals surface area contributed by atoms with Gasteiger partial charge in [0.2, 0.25) is 0 Å². The lowest BCUT2D eigenvalue weighted by molar-refractivity contribution is -0.139. The number of hydrogen-bond acceptors (Lipinski definition) is 6. The van der Waals surface area contributed by atoms with Crippen molar-refractivity contribution in [1.82, 2.24) is 9.78 Å². The van der Waals surface area contributed by atoms with E-state index in [1.54, 1.807) is 48.5 Å². The average Bonchev–Trinajstić information content (AvgIpc) is 2.66. The van der Waals surface area contributed by atoms with E-state index in [0.717, 1.165) is 10.2 Å². The van der Waals surface area contributed by atoms with Crippen LogP contribution in [0.2, 0.25) is 0 Å². The lowest BCUT2D eigenvalue weighted by Gasteiger charge is -2.08. The lowest BCUT2D eigenvalue weighted by atomic mass is 10.1. The van der Waals surface area contributed by atoms with Crippen molar-refractivity contribution in [2.75, 3.05) is 7.11 Å². The Bertz CT molecular complexity index is 1040. The number of esters is 2. The number of carbonyl (C=O) groups is 2. The Hall–Kier alpha value is -3.48. The smallest absolute Gasteiger partial charge is 0.364 e. The van der Waals surface area contributed by atoms with Gasteiger partial charge in [-0.05, 0) is 23.8 Å². The molecule has 0 aliphatic heterocycles. The van der Waals surface area contributed by atoms with Gasteiger partial charge in [-0.25, -0.2) is 9.48 Å². The summed E-state index contributed by atoms with van der Waals surface area (Å²) in [6.45, 7) is 0. The van der Waals surface area contributed by atoms with Crippen molar-refractivity contribution in [3.63, 3.8) is 0 Å². The van der Waals surface area contributed by atoms with Gasteiger partial charge < -0.3 is 9.47 Å². The van der Waals surface area contributed by atoms with Gasteiger partial charge in [0.15, 0.2) is 5.69 Å². The van der Waals surface area contributed by atoms with E-state index in [1.807, 2.05) is 0 Å². The number of ether oxygens (including phenoxy) is 2. The van der Waals surface area contributed by atoms with Gasteiger partial charge in [-0.2, -0.15) is 5.10 Å². The fourth-order valence-corrected chi connectivity index (χ4v) is 2.52. The Morgan fingerprint density at radius 3 is 2.35 bits per heavy atom. The second-order valence-corrected chi connectivity index (χ2v) is 5.61. The molecule has 0 aliphatic rings. The molecule has 3 aromatic rings. The summed E-state index contributed by atoms with van der Waals surface area (Å²) in [5.74, 6) is -0.712. The Kier molecular flexibility index (Phi) is 4.79. The molecule has 1 aromatic heterocycles. The molecule has 0 radical (unpaired) electrons. The summed E-state index contributed by atoms with van der Waals surface area (Å²) in [7, 11) is 2.80. The normalized spacial score (nSPS) is 10.5. The van der Waals surface area contributed by atoms with Crippen LogP contribution < -0.4 is 10.3 Å². The highest BCUT2D eigenvalue weighted by Gasteiger charge is 2.17. The van der Waals surface area contributed by atoms with Gasteiger partial charge >= 0.3 is 11.9 Å². The second-order valence-electron chi connectivity index (χ2n) is 5.61. The molecule has 0 spiro atoms. The van der Waals surface area contributed by atoms with Crippen LogP contribution in [0.3, 0.4) is 0 Å². The summed E-state index contributed by atoms with van der Waals surface area (Å²) in [6.07, 6.45) is 0.137. The molecule has 0 saturated carbocycles. The largest absolute Gasteiger partial charge is 0.469 e. The molecule has 2 aromatic carbocycles. The first-order chi connectivity index (χ1) is 12.5. The van der Waals surface area contributed by atoms with E-state index in [4.69, 9.17) is 4.74 Å². The minimum atomic E-state index is -0.669. The van der Waals surface area contributed by atoms with Crippen LogP contribution in [0.1, 0.15) is 16.1 Å². The van der Waals surface area contributed by atoms with E-state index >= 15 is 0 Å². The summed E-state index contributed by atoms with van der Waals surface area (Å²) in [5, 5.41) is 4.86. The zero-order chi connectivity index (χ0) is 18.7. The topological polar surface area (TPSA) is 87.5 Å².